The first-order valence-electron chi connectivity index (χ1n) is 3.10. The molecular weight excluding hydrogens is 1420 g/mol. The van der Waals surface area contributed by atoms with Gasteiger partial charge in [-0.3, -0.25) is 0 Å². The second-order valence-corrected chi connectivity index (χ2v) is 262. The Balaban J connectivity index is -0.000000101. The third kappa shape index (κ3) is 43.3. The summed E-state index contributed by atoms with van der Waals surface area (Å²) in [5.74, 6) is 0. The van der Waals surface area contributed by atoms with Crippen LogP contribution in [0.1, 0.15) is 0 Å². The summed E-state index contributed by atoms with van der Waals surface area (Å²) >= 11 is -3.92. The van der Waals surface area contributed by atoms with E-state index in [2.05, 4.69) is 0 Å². The fraction of sp³-hybridized carbons (Fsp3) is 0. The van der Waals surface area contributed by atoms with E-state index in [4.69, 9.17) is 49.5 Å². The van der Waals surface area contributed by atoms with Gasteiger partial charge < -0.3 is 0 Å². The van der Waals surface area contributed by atoms with Gasteiger partial charge in [0.2, 0.25) is 0 Å². The first-order chi connectivity index (χ1) is 5.74. The summed E-state index contributed by atoms with van der Waals surface area (Å²) in [4.78, 5) is 0. The molecule has 0 saturated carbocycles. The second-order valence-electron chi connectivity index (χ2n) is 1.13. The number of hydrogen-bond donors (Lipinski definition) is 0. The molecule has 0 N–H and O–H groups in total. The van der Waals surface area contributed by atoms with Crippen molar-refractivity contribution in [2.24, 2.45) is 0 Å². The zero-order valence-electron chi connectivity index (χ0n) is 6.51. The fourth-order valence-corrected chi connectivity index (χ4v) is 0. The monoisotopic (exact) mass is 1420 g/mol. The predicted molar refractivity (Wildman–Crippen MR) is 35.1 cm³/mol. The van der Waals surface area contributed by atoms with Gasteiger partial charge in [0.25, 0.3) is 0 Å². The van der Waals surface area contributed by atoms with Gasteiger partial charge >= 0.3 is 157 Å². The maximum absolute atomic E-state index is 5.38. The van der Waals surface area contributed by atoms with Crippen molar-refractivity contribution in [3.05, 3.63) is 0 Å². The van der Waals surface area contributed by atoms with E-state index in [1.807, 2.05) is 0 Å². The summed E-state index contributed by atoms with van der Waals surface area (Å²) in [5, 5.41) is 0. The number of halogens is 6. The number of hydrogen-bond acceptors (Lipinski definition) is 0. The van der Waals surface area contributed by atoms with Gasteiger partial charge in [-0.25, -0.2) is 0 Å². The van der Waals surface area contributed by atoms with Gasteiger partial charge in [-0.05, 0) is 0 Å². The van der Waals surface area contributed by atoms with Gasteiger partial charge in [0.05, 0.1) is 0 Å². The van der Waals surface area contributed by atoms with Crippen LogP contribution in [-0.2, 0) is 108 Å². The molecule has 0 atom stereocenters. The second kappa shape index (κ2) is 31.0. The Bertz CT molecular complexity index is 27.5. The fourth-order valence-electron chi connectivity index (χ4n) is 0. The van der Waals surface area contributed by atoms with E-state index in [1.165, 1.54) is 0 Å². The average molecular weight is 1420 g/mol. The van der Waals surface area contributed by atoms with Crippen LogP contribution in [0.2, 0.25) is 0 Å². The molecule has 0 saturated heterocycles. The minimum atomic E-state index is -0.653. The van der Waals surface area contributed by atoms with Crippen molar-refractivity contribution in [2.75, 3.05) is 0 Å². The Kier molecular flexibility index (Phi) is 63.0. The summed E-state index contributed by atoms with van der Waals surface area (Å²) in [7, 11) is 32.2. The summed E-state index contributed by atoms with van der Waals surface area (Å²) in [5.41, 5.74) is 0. The van der Waals surface area contributed by atoms with Crippen LogP contribution in [0.15, 0.2) is 0 Å². The molecule has 0 spiro atoms. The summed E-state index contributed by atoms with van der Waals surface area (Å²) in [6.45, 7) is 0. The zero-order valence-corrected chi connectivity index (χ0v) is 44.0. The third-order valence-corrected chi connectivity index (χ3v) is 149. The van der Waals surface area contributed by atoms with Crippen LogP contribution >= 0.6 is 49.5 Å². The predicted octanol–water partition coefficient (Wildman–Crippen LogP) is 4.12. The Labute approximate surface area is 151 Å². The average Bonchev–Trinajstić information content (AvgIpc) is 2.18. The van der Waals surface area contributed by atoms with Crippen molar-refractivity contribution in [3.8, 4) is 0 Å². The van der Waals surface area contributed by atoms with Gasteiger partial charge in [0.15, 0.2) is 0 Å². The van der Waals surface area contributed by atoms with Crippen LogP contribution in [0.4, 0.5) is 0 Å². The van der Waals surface area contributed by atoms with Gasteiger partial charge in [0, 0.05) is 0 Å². The molecule has 0 aromatic rings. The molecule has 0 rings (SSSR count). The van der Waals surface area contributed by atoms with Crippen LogP contribution in [0.3, 0.4) is 0 Å². The minimum absolute atomic E-state index is 0.653. The molecule has 12 heavy (non-hydrogen) atoms. The van der Waals surface area contributed by atoms with Crippen LogP contribution in [-0.4, -0.2) is 0 Å². The molecular formula is Cl6Hg6. The summed E-state index contributed by atoms with van der Waals surface area (Å²) in [6, 6.07) is 0. The Morgan fingerprint density at radius 3 is 0.417 bits per heavy atom. The Morgan fingerprint density at radius 2 is 0.417 bits per heavy atom. The molecule has 0 aliphatic heterocycles. The van der Waals surface area contributed by atoms with Crippen LogP contribution in [0.25, 0.3) is 0 Å². The van der Waals surface area contributed by atoms with Gasteiger partial charge in [-0.2, -0.15) is 0 Å². The van der Waals surface area contributed by atoms with Gasteiger partial charge in [0.1, 0.15) is 0 Å². The summed E-state index contributed by atoms with van der Waals surface area (Å²) < 4.78 is 0. The quantitative estimate of drug-likeness (QED) is 0.374. The molecule has 0 aromatic heterocycles. The molecule has 0 amide bonds. The van der Waals surface area contributed by atoms with Crippen molar-refractivity contribution in [1.29, 1.82) is 0 Å². The van der Waals surface area contributed by atoms with Crippen molar-refractivity contribution >= 4 is 49.5 Å². The molecule has 0 aliphatic rings. The third-order valence-electron chi connectivity index (χ3n) is 0.214. The Morgan fingerprint density at radius 1 is 0.333 bits per heavy atom. The Hall–Kier alpha value is 7.35. The first kappa shape index (κ1) is 24.4. The first-order valence-corrected chi connectivity index (χ1v) is 158. The van der Waals surface area contributed by atoms with Crippen molar-refractivity contribution < 1.29 is 108 Å². The van der Waals surface area contributed by atoms with Crippen LogP contribution in [0, 0.1) is 0 Å². The van der Waals surface area contributed by atoms with Crippen LogP contribution < -0.4 is 0 Å². The molecule has 0 bridgehead atoms. The molecule has 0 fully saturated rings. The van der Waals surface area contributed by atoms with Gasteiger partial charge in [-0.15, -0.1) is 0 Å². The van der Waals surface area contributed by atoms with Crippen molar-refractivity contribution in [2.45, 2.75) is 0 Å². The number of rotatable bonds is 3. The molecule has 54 valence electrons. The van der Waals surface area contributed by atoms with E-state index in [9.17, 15) is 0 Å². The molecule has 0 radical (unpaired) electrons. The normalized spacial score (nSPS) is 3.50. The van der Waals surface area contributed by atoms with Crippen molar-refractivity contribution in [3.63, 3.8) is 0 Å². The summed E-state index contributed by atoms with van der Waals surface area (Å²) in [6.07, 6.45) is 0. The van der Waals surface area contributed by atoms with E-state index < -0.39 is 108 Å². The molecule has 0 aliphatic carbocycles. The van der Waals surface area contributed by atoms with E-state index in [1.54, 1.807) is 0 Å². The van der Waals surface area contributed by atoms with E-state index in [-0.39, 0.29) is 0 Å². The molecule has 0 unspecified atom stereocenters. The van der Waals surface area contributed by atoms with E-state index in [0.29, 0.717) is 0 Å². The molecule has 0 heterocycles. The maximum atomic E-state index is 5.38. The molecule has 0 aromatic carbocycles. The van der Waals surface area contributed by atoms with E-state index >= 15 is 0 Å². The topological polar surface area (TPSA) is 0 Å². The SMILES string of the molecule is [Cl][Hg][Hg][Cl].[Cl][Hg][Hg][Cl].[Cl][Hg][Hg][Cl]. The zero-order chi connectivity index (χ0) is 10.2. The molecule has 0 nitrogen and oxygen atoms in total. The van der Waals surface area contributed by atoms with Crippen LogP contribution in [0.5, 0.6) is 0 Å². The van der Waals surface area contributed by atoms with Crippen molar-refractivity contribution in [1.82, 2.24) is 0 Å². The van der Waals surface area contributed by atoms with Gasteiger partial charge in [-0.1, -0.05) is 0 Å². The van der Waals surface area contributed by atoms with E-state index in [0.717, 1.165) is 0 Å². The molecule has 12 heteroatoms. The standard InChI is InChI=1S/6ClH.6Hg/h6*1H;;;;;;/q;;;;;;6*+1/p-6.